The molecule has 0 aliphatic carbocycles. The van der Waals surface area contributed by atoms with Gasteiger partial charge in [-0.25, -0.2) is 0 Å². The molecule has 1 atom stereocenters. The van der Waals surface area contributed by atoms with E-state index in [1.54, 1.807) is 11.3 Å². The molecule has 22 heavy (non-hydrogen) atoms. The highest BCUT2D eigenvalue weighted by Crippen LogP contribution is 2.36. The lowest BCUT2D eigenvalue weighted by Gasteiger charge is -2.35. The summed E-state index contributed by atoms with van der Waals surface area (Å²) in [5, 5.41) is 15.8. The Morgan fingerprint density at radius 1 is 1.18 bits per heavy atom. The summed E-state index contributed by atoms with van der Waals surface area (Å²) in [5.41, 5.74) is 2.11. The van der Waals surface area contributed by atoms with Crippen LogP contribution in [0.5, 0.6) is 5.75 Å². The Morgan fingerprint density at radius 3 is 2.50 bits per heavy atom. The van der Waals surface area contributed by atoms with Crippen molar-refractivity contribution in [2.75, 3.05) is 26.2 Å². The molecule has 0 unspecified atom stereocenters. The van der Waals surface area contributed by atoms with Crippen molar-refractivity contribution >= 4 is 36.2 Å². The second-order valence-electron chi connectivity index (χ2n) is 5.27. The van der Waals surface area contributed by atoms with Crippen molar-refractivity contribution in [3.63, 3.8) is 0 Å². The topological polar surface area (TPSA) is 35.5 Å². The highest BCUT2D eigenvalue weighted by atomic mass is 35.5. The number of nitrogens with one attached hydrogen (secondary N) is 1. The Hall–Kier alpha value is -0.780. The van der Waals surface area contributed by atoms with Gasteiger partial charge in [0.15, 0.2) is 0 Å². The smallest absolute Gasteiger partial charge is 0.121 e. The Kier molecular flexibility index (Phi) is 7.66. The second-order valence-corrected chi connectivity index (χ2v) is 6.25. The highest BCUT2D eigenvalue weighted by Gasteiger charge is 2.26. The predicted molar refractivity (Wildman–Crippen MR) is 97.9 cm³/mol. The van der Waals surface area contributed by atoms with E-state index in [2.05, 4.69) is 39.9 Å². The van der Waals surface area contributed by atoms with Crippen LogP contribution in [-0.4, -0.2) is 36.2 Å². The number of halogens is 2. The quantitative estimate of drug-likeness (QED) is 0.877. The van der Waals surface area contributed by atoms with Crippen molar-refractivity contribution in [2.24, 2.45) is 0 Å². The fraction of sp³-hybridized carbons (Fsp3) is 0.375. The molecule has 0 spiro atoms. The highest BCUT2D eigenvalue weighted by molar-refractivity contribution is 7.10. The lowest BCUT2D eigenvalue weighted by molar-refractivity contribution is 0.198. The third kappa shape index (κ3) is 4.15. The minimum absolute atomic E-state index is 0. The summed E-state index contributed by atoms with van der Waals surface area (Å²) in [5.74, 6) is 0.405. The maximum atomic E-state index is 10.4. The van der Waals surface area contributed by atoms with Crippen molar-refractivity contribution < 1.29 is 5.11 Å². The van der Waals surface area contributed by atoms with E-state index < -0.39 is 0 Å². The Bertz CT molecular complexity index is 572. The largest absolute Gasteiger partial charge is 0.508 e. The number of phenols is 1. The summed E-state index contributed by atoms with van der Waals surface area (Å²) in [6, 6.07) is 10.4. The van der Waals surface area contributed by atoms with Gasteiger partial charge in [-0.3, -0.25) is 4.90 Å². The zero-order valence-electron chi connectivity index (χ0n) is 12.5. The van der Waals surface area contributed by atoms with Crippen LogP contribution in [0.1, 0.15) is 22.0 Å². The normalized spacial score (nSPS) is 16.4. The minimum Gasteiger partial charge on any atom is -0.508 e. The summed E-state index contributed by atoms with van der Waals surface area (Å²) < 4.78 is 0. The maximum absolute atomic E-state index is 10.4. The number of benzene rings is 1. The number of phenolic OH excluding ortho intramolecular Hbond substituents is 1. The Labute approximate surface area is 148 Å². The summed E-state index contributed by atoms with van der Waals surface area (Å²) in [4.78, 5) is 3.75. The van der Waals surface area contributed by atoms with Gasteiger partial charge in [-0.05, 0) is 30.0 Å². The van der Waals surface area contributed by atoms with E-state index in [0.717, 1.165) is 37.3 Å². The van der Waals surface area contributed by atoms with Gasteiger partial charge in [-0.15, -0.1) is 36.2 Å². The first kappa shape index (κ1) is 19.3. The zero-order valence-corrected chi connectivity index (χ0v) is 14.9. The van der Waals surface area contributed by atoms with Gasteiger partial charge >= 0.3 is 0 Å². The standard InChI is InChI=1S/C16H20N2OS.2ClH/c1-12-4-5-13(14(19)11-12)16(15-3-2-10-20-15)18-8-6-17-7-9-18;;/h2-5,10-11,16-17,19H,6-9H2,1H3;2*1H/t16-;;/m1../s1. The van der Waals surface area contributed by atoms with E-state index in [4.69, 9.17) is 0 Å². The van der Waals surface area contributed by atoms with E-state index in [-0.39, 0.29) is 30.9 Å². The van der Waals surface area contributed by atoms with Crippen LogP contribution < -0.4 is 5.32 Å². The molecule has 1 aliphatic heterocycles. The summed E-state index contributed by atoms with van der Waals surface area (Å²) in [6.45, 7) is 6.04. The molecule has 2 heterocycles. The van der Waals surface area contributed by atoms with E-state index >= 15 is 0 Å². The van der Waals surface area contributed by atoms with E-state index in [0.29, 0.717) is 5.75 Å². The van der Waals surface area contributed by atoms with Gasteiger partial charge in [0.05, 0.1) is 6.04 Å². The number of hydrogen-bond donors (Lipinski definition) is 2. The van der Waals surface area contributed by atoms with Crippen molar-refractivity contribution in [3.05, 3.63) is 51.7 Å². The van der Waals surface area contributed by atoms with Crippen LogP contribution in [0, 0.1) is 6.92 Å². The molecule has 0 radical (unpaired) electrons. The Balaban J connectivity index is 0.00000121. The number of hydrogen-bond acceptors (Lipinski definition) is 4. The monoisotopic (exact) mass is 360 g/mol. The first-order valence-corrected chi connectivity index (χ1v) is 7.91. The van der Waals surface area contributed by atoms with Crippen LogP contribution in [0.25, 0.3) is 0 Å². The second kappa shape index (κ2) is 8.75. The van der Waals surface area contributed by atoms with Gasteiger partial charge in [-0.1, -0.05) is 18.2 Å². The molecule has 6 heteroatoms. The number of piperazine rings is 1. The van der Waals surface area contributed by atoms with Crippen LogP contribution in [0.2, 0.25) is 0 Å². The lowest BCUT2D eigenvalue weighted by atomic mass is 10.00. The molecule has 1 saturated heterocycles. The SMILES string of the molecule is Cc1ccc([C@H](c2cccs2)N2CCNCC2)c(O)c1.Cl.Cl. The number of aromatic hydroxyl groups is 1. The molecule has 2 aromatic rings. The average Bonchev–Trinajstić information content (AvgIpc) is 2.97. The molecule has 0 bridgehead atoms. The minimum atomic E-state index is 0. The van der Waals surface area contributed by atoms with Crippen molar-refractivity contribution in [2.45, 2.75) is 13.0 Å². The molecule has 3 rings (SSSR count). The number of rotatable bonds is 3. The van der Waals surface area contributed by atoms with Gasteiger partial charge < -0.3 is 10.4 Å². The molecule has 1 aromatic carbocycles. The van der Waals surface area contributed by atoms with E-state index in [9.17, 15) is 5.11 Å². The molecule has 1 aromatic heterocycles. The van der Waals surface area contributed by atoms with Crippen LogP contribution >= 0.6 is 36.2 Å². The molecule has 3 nitrogen and oxygen atoms in total. The first-order chi connectivity index (χ1) is 9.75. The third-order valence-electron chi connectivity index (χ3n) is 3.81. The van der Waals surface area contributed by atoms with E-state index in [1.807, 2.05) is 13.0 Å². The molecule has 2 N–H and O–H groups in total. The average molecular weight is 361 g/mol. The maximum Gasteiger partial charge on any atom is 0.121 e. The van der Waals surface area contributed by atoms with Crippen LogP contribution in [0.4, 0.5) is 0 Å². The number of thiophene rings is 1. The van der Waals surface area contributed by atoms with Gasteiger partial charge in [0.2, 0.25) is 0 Å². The van der Waals surface area contributed by atoms with Crippen LogP contribution in [0.3, 0.4) is 0 Å². The molecular weight excluding hydrogens is 339 g/mol. The van der Waals surface area contributed by atoms with Crippen molar-refractivity contribution in [1.29, 1.82) is 0 Å². The summed E-state index contributed by atoms with van der Waals surface area (Å²) >= 11 is 1.76. The molecular formula is C16H22Cl2N2OS. The molecule has 0 amide bonds. The van der Waals surface area contributed by atoms with Crippen molar-refractivity contribution in [1.82, 2.24) is 10.2 Å². The van der Waals surface area contributed by atoms with Crippen LogP contribution in [0.15, 0.2) is 35.7 Å². The lowest BCUT2D eigenvalue weighted by Crippen LogP contribution is -2.45. The molecule has 1 aliphatic rings. The predicted octanol–water partition coefficient (Wildman–Crippen LogP) is 3.60. The fourth-order valence-corrected chi connectivity index (χ4v) is 3.68. The molecule has 0 saturated carbocycles. The van der Waals surface area contributed by atoms with Crippen LogP contribution in [-0.2, 0) is 0 Å². The van der Waals surface area contributed by atoms with Gasteiger partial charge in [0.1, 0.15) is 5.75 Å². The summed E-state index contributed by atoms with van der Waals surface area (Å²) in [7, 11) is 0. The van der Waals surface area contributed by atoms with Gasteiger partial charge in [0.25, 0.3) is 0 Å². The zero-order chi connectivity index (χ0) is 13.9. The molecule has 1 fully saturated rings. The first-order valence-electron chi connectivity index (χ1n) is 7.03. The fourth-order valence-electron chi connectivity index (χ4n) is 2.80. The van der Waals surface area contributed by atoms with Gasteiger partial charge in [0, 0.05) is 36.6 Å². The van der Waals surface area contributed by atoms with Crippen molar-refractivity contribution in [3.8, 4) is 5.75 Å². The number of aryl methyl sites for hydroxylation is 1. The summed E-state index contributed by atoms with van der Waals surface area (Å²) in [6.07, 6.45) is 0. The molecule has 122 valence electrons. The van der Waals surface area contributed by atoms with Gasteiger partial charge in [-0.2, -0.15) is 0 Å². The number of nitrogens with zero attached hydrogens (tertiary/aromatic N) is 1. The van der Waals surface area contributed by atoms with E-state index in [1.165, 1.54) is 4.88 Å². The third-order valence-corrected chi connectivity index (χ3v) is 4.73. The Morgan fingerprint density at radius 2 is 1.91 bits per heavy atom.